The van der Waals surface area contributed by atoms with Crippen molar-refractivity contribution in [1.29, 1.82) is 0 Å². The molecule has 22 heavy (non-hydrogen) atoms. The molecule has 0 spiro atoms. The molecule has 0 aromatic carbocycles. The molecule has 0 bridgehead atoms. The van der Waals surface area contributed by atoms with Crippen molar-refractivity contribution in [2.45, 2.75) is 52.4 Å². The van der Waals surface area contributed by atoms with Gasteiger partial charge in [0.2, 0.25) is 5.91 Å². The number of hydroxylamine groups is 2. The van der Waals surface area contributed by atoms with Crippen LogP contribution in [0, 0.1) is 11.3 Å². The first-order valence-electron chi connectivity index (χ1n) is 8.81. The fourth-order valence-electron chi connectivity index (χ4n) is 3.85. The molecule has 2 aliphatic heterocycles. The Kier molecular flexibility index (Phi) is 6.66. The smallest absolute Gasteiger partial charge is 0.223 e. The van der Waals surface area contributed by atoms with E-state index in [1.807, 2.05) is 9.96 Å². The molecule has 1 N–H and O–H groups in total. The number of aliphatic hydroxyl groups excluding tert-OH is 1. The van der Waals surface area contributed by atoms with Gasteiger partial charge < -0.3 is 10.0 Å². The molecule has 2 fully saturated rings. The van der Waals surface area contributed by atoms with Crippen LogP contribution in [-0.4, -0.2) is 60.4 Å². The molecule has 2 rings (SSSR count). The van der Waals surface area contributed by atoms with Crippen molar-refractivity contribution >= 4 is 5.91 Å². The van der Waals surface area contributed by atoms with Gasteiger partial charge in [0.05, 0.1) is 13.2 Å². The van der Waals surface area contributed by atoms with E-state index in [2.05, 4.69) is 13.8 Å². The number of rotatable bonds is 6. The second kappa shape index (κ2) is 8.27. The van der Waals surface area contributed by atoms with E-state index in [0.29, 0.717) is 25.4 Å². The van der Waals surface area contributed by atoms with E-state index < -0.39 is 0 Å². The summed E-state index contributed by atoms with van der Waals surface area (Å²) in [6.07, 6.45) is 5.80. The first kappa shape index (κ1) is 17.7. The summed E-state index contributed by atoms with van der Waals surface area (Å²) in [4.78, 5) is 20.0. The molecule has 2 aliphatic rings. The van der Waals surface area contributed by atoms with Gasteiger partial charge in [0.25, 0.3) is 0 Å². The van der Waals surface area contributed by atoms with Gasteiger partial charge in [-0.25, -0.2) is 0 Å². The van der Waals surface area contributed by atoms with Crippen molar-refractivity contribution in [3.63, 3.8) is 0 Å². The minimum absolute atomic E-state index is 0.0936. The van der Waals surface area contributed by atoms with E-state index in [0.717, 1.165) is 51.8 Å². The van der Waals surface area contributed by atoms with E-state index in [1.165, 1.54) is 0 Å². The number of carbonyl (C=O) groups excluding carboxylic acids is 1. The predicted octanol–water partition coefficient (Wildman–Crippen LogP) is 2.05. The van der Waals surface area contributed by atoms with E-state index >= 15 is 0 Å². The molecule has 0 aromatic rings. The number of aliphatic hydroxyl groups is 1. The Morgan fingerprint density at radius 2 is 2.09 bits per heavy atom. The number of hydrogen-bond acceptors (Lipinski definition) is 4. The average molecular weight is 312 g/mol. The minimum Gasteiger partial charge on any atom is -0.396 e. The molecule has 2 heterocycles. The van der Waals surface area contributed by atoms with Crippen LogP contribution < -0.4 is 0 Å². The molecule has 0 radical (unpaired) electrons. The maximum atomic E-state index is 12.5. The largest absolute Gasteiger partial charge is 0.396 e. The third-order valence-electron chi connectivity index (χ3n) is 4.84. The zero-order valence-electron chi connectivity index (χ0n) is 14.2. The fourth-order valence-corrected chi connectivity index (χ4v) is 3.85. The summed E-state index contributed by atoms with van der Waals surface area (Å²) in [5, 5.41) is 11.8. The van der Waals surface area contributed by atoms with Gasteiger partial charge in [0, 0.05) is 38.0 Å². The van der Waals surface area contributed by atoms with Crippen molar-refractivity contribution in [2.24, 2.45) is 11.3 Å². The van der Waals surface area contributed by atoms with Crippen LogP contribution in [0.25, 0.3) is 0 Å². The summed E-state index contributed by atoms with van der Waals surface area (Å²) in [5.74, 6) is 0.749. The Labute approximate surface area is 134 Å². The lowest BCUT2D eigenvalue weighted by Gasteiger charge is -2.43. The van der Waals surface area contributed by atoms with E-state index in [4.69, 9.17) is 4.84 Å². The Balaban J connectivity index is 1.83. The molecule has 2 saturated heterocycles. The SMILES string of the molecule is CC(C)CC1(CO)CCCN(C(=O)CCN2CCCCO2)C1. The van der Waals surface area contributed by atoms with Crippen LogP contribution in [0.1, 0.15) is 52.4 Å². The maximum Gasteiger partial charge on any atom is 0.223 e. The average Bonchev–Trinajstić information content (AvgIpc) is 2.53. The van der Waals surface area contributed by atoms with E-state index in [9.17, 15) is 9.90 Å². The third-order valence-corrected chi connectivity index (χ3v) is 4.84. The standard InChI is InChI=1S/C17H32N2O3/c1-15(2)12-17(14-20)7-5-8-18(13-17)16(21)6-10-19-9-3-4-11-22-19/h15,20H,3-14H2,1-2H3. The molecular formula is C17H32N2O3. The van der Waals surface area contributed by atoms with Crippen LogP contribution in [0.5, 0.6) is 0 Å². The van der Waals surface area contributed by atoms with Crippen molar-refractivity contribution in [3.05, 3.63) is 0 Å². The minimum atomic E-state index is -0.0936. The summed E-state index contributed by atoms with van der Waals surface area (Å²) in [7, 11) is 0. The van der Waals surface area contributed by atoms with Crippen LogP contribution in [-0.2, 0) is 9.63 Å². The van der Waals surface area contributed by atoms with Crippen LogP contribution in [0.2, 0.25) is 0 Å². The maximum absolute atomic E-state index is 12.5. The molecule has 1 atom stereocenters. The molecule has 5 nitrogen and oxygen atoms in total. The summed E-state index contributed by atoms with van der Waals surface area (Å²) in [5.41, 5.74) is -0.0936. The highest BCUT2D eigenvalue weighted by atomic mass is 16.7. The van der Waals surface area contributed by atoms with Gasteiger partial charge in [0.15, 0.2) is 0 Å². The Hall–Kier alpha value is -0.650. The van der Waals surface area contributed by atoms with Gasteiger partial charge >= 0.3 is 0 Å². The summed E-state index contributed by atoms with van der Waals surface area (Å²) >= 11 is 0. The number of hydrogen-bond donors (Lipinski definition) is 1. The van der Waals surface area contributed by atoms with Gasteiger partial charge in [-0.2, -0.15) is 5.06 Å². The molecule has 0 saturated carbocycles. The first-order chi connectivity index (χ1) is 10.5. The fraction of sp³-hybridized carbons (Fsp3) is 0.941. The van der Waals surface area contributed by atoms with Gasteiger partial charge in [-0.15, -0.1) is 0 Å². The molecule has 128 valence electrons. The van der Waals surface area contributed by atoms with Gasteiger partial charge in [-0.05, 0) is 38.0 Å². The second-order valence-electron chi connectivity index (χ2n) is 7.39. The zero-order valence-corrected chi connectivity index (χ0v) is 14.2. The monoisotopic (exact) mass is 312 g/mol. The lowest BCUT2D eigenvalue weighted by atomic mass is 9.74. The van der Waals surface area contributed by atoms with Crippen LogP contribution >= 0.6 is 0 Å². The highest BCUT2D eigenvalue weighted by molar-refractivity contribution is 5.76. The summed E-state index contributed by atoms with van der Waals surface area (Å²) < 4.78 is 0. The highest BCUT2D eigenvalue weighted by Gasteiger charge is 2.37. The molecule has 1 amide bonds. The Morgan fingerprint density at radius 1 is 1.27 bits per heavy atom. The van der Waals surface area contributed by atoms with Gasteiger partial charge in [-0.3, -0.25) is 9.63 Å². The summed E-state index contributed by atoms with van der Waals surface area (Å²) in [6, 6.07) is 0. The number of nitrogens with zero attached hydrogens (tertiary/aromatic N) is 2. The summed E-state index contributed by atoms with van der Waals surface area (Å²) in [6.45, 7) is 8.50. The van der Waals surface area contributed by atoms with Crippen molar-refractivity contribution < 1.29 is 14.7 Å². The van der Waals surface area contributed by atoms with Crippen molar-refractivity contribution in [2.75, 3.05) is 39.4 Å². The lowest BCUT2D eigenvalue weighted by molar-refractivity contribution is -0.183. The number of amides is 1. The van der Waals surface area contributed by atoms with Gasteiger partial charge in [0.1, 0.15) is 0 Å². The number of carbonyl (C=O) groups is 1. The first-order valence-corrected chi connectivity index (χ1v) is 8.81. The number of piperidine rings is 1. The van der Waals surface area contributed by atoms with Crippen LogP contribution in [0.3, 0.4) is 0 Å². The van der Waals surface area contributed by atoms with Crippen molar-refractivity contribution in [1.82, 2.24) is 9.96 Å². The molecular weight excluding hydrogens is 280 g/mol. The molecule has 1 unspecified atom stereocenters. The van der Waals surface area contributed by atoms with E-state index in [1.54, 1.807) is 0 Å². The van der Waals surface area contributed by atoms with E-state index in [-0.39, 0.29) is 17.9 Å². The second-order valence-corrected chi connectivity index (χ2v) is 7.39. The molecule has 0 aromatic heterocycles. The molecule has 0 aliphatic carbocycles. The Bertz CT molecular complexity index is 356. The van der Waals surface area contributed by atoms with Crippen LogP contribution in [0.4, 0.5) is 0 Å². The topological polar surface area (TPSA) is 53.0 Å². The quantitative estimate of drug-likeness (QED) is 0.815. The third kappa shape index (κ3) is 4.93. The molecule has 5 heteroatoms. The lowest BCUT2D eigenvalue weighted by Crippen LogP contribution is -2.49. The normalized spacial score (nSPS) is 27.4. The highest BCUT2D eigenvalue weighted by Crippen LogP contribution is 2.36. The number of likely N-dealkylation sites (tertiary alicyclic amines) is 1. The zero-order chi connectivity index (χ0) is 16.0. The van der Waals surface area contributed by atoms with Crippen LogP contribution in [0.15, 0.2) is 0 Å². The van der Waals surface area contributed by atoms with Gasteiger partial charge in [-0.1, -0.05) is 13.8 Å². The van der Waals surface area contributed by atoms with Crippen molar-refractivity contribution in [3.8, 4) is 0 Å². The predicted molar refractivity (Wildman–Crippen MR) is 86.2 cm³/mol. The Morgan fingerprint density at radius 3 is 2.73 bits per heavy atom.